The Bertz CT molecular complexity index is 710. The second-order valence-electron chi connectivity index (χ2n) is 4.82. The van der Waals surface area contributed by atoms with Gasteiger partial charge in [0.1, 0.15) is 5.82 Å². The fourth-order valence-corrected chi connectivity index (χ4v) is 2.43. The number of nitrogens with one attached hydrogen (secondary N) is 1. The van der Waals surface area contributed by atoms with Crippen molar-refractivity contribution >= 4 is 22.4 Å². The predicted octanol–water partition coefficient (Wildman–Crippen LogP) is 2.12. The Balaban J connectivity index is 1.95. The molecule has 0 unspecified atom stereocenters. The Morgan fingerprint density at radius 3 is 2.89 bits per heavy atom. The summed E-state index contributed by atoms with van der Waals surface area (Å²) in [5.74, 6) is 0.529. The van der Waals surface area contributed by atoms with Gasteiger partial charge in [-0.05, 0) is 6.07 Å². The minimum atomic E-state index is 0.529. The molecule has 0 aliphatic heterocycles. The van der Waals surface area contributed by atoms with Crippen LogP contribution in [-0.4, -0.2) is 21.8 Å². The van der Waals surface area contributed by atoms with Crippen LogP contribution in [0.3, 0.4) is 0 Å². The molecule has 0 atom stereocenters. The van der Waals surface area contributed by atoms with Gasteiger partial charge in [0.2, 0.25) is 0 Å². The van der Waals surface area contributed by atoms with Crippen molar-refractivity contribution in [3.05, 3.63) is 42.2 Å². The lowest BCUT2D eigenvalue weighted by molar-refractivity contribution is 0.866. The lowest BCUT2D eigenvalue weighted by Gasteiger charge is -2.17. The Hall–Kier alpha value is -2.43. The van der Waals surface area contributed by atoms with Crippen molar-refractivity contribution in [3.8, 4) is 0 Å². The van der Waals surface area contributed by atoms with Gasteiger partial charge in [-0.3, -0.25) is 5.10 Å². The van der Waals surface area contributed by atoms with E-state index in [2.05, 4.69) is 64.2 Å². The van der Waals surface area contributed by atoms with Gasteiger partial charge in [-0.15, -0.1) is 0 Å². The minimum Gasteiger partial charge on any atom is -0.382 e. The molecule has 0 saturated carbocycles. The molecule has 0 radical (unpaired) electrons. The van der Waals surface area contributed by atoms with Crippen LogP contribution in [-0.2, 0) is 13.6 Å². The molecule has 0 spiro atoms. The van der Waals surface area contributed by atoms with Gasteiger partial charge in [-0.1, -0.05) is 18.2 Å². The molecule has 98 valence electrons. The van der Waals surface area contributed by atoms with E-state index in [9.17, 15) is 0 Å². The summed E-state index contributed by atoms with van der Waals surface area (Å²) in [6.07, 6.45) is 2.14. The zero-order chi connectivity index (χ0) is 13.4. The highest BCUT2D eigenvalue weighted by Crippen LogP contribution is 2.28. The summed E-state index contributed by atoms with van der Waals surface area (Å²) in [4.78, 5) is 2.19. The third-order valence-corrected chi connectivity index (χ3v) is 3.35. The van der Waals surface area contributed by atoms with Crippen LogP contribution in [0.1, 0.15) is 5.69 Å². The number of nitrogen functional groups attached to an aromatic ring is 1. The summed E-state index contributed by atoms with van der Waals surface area (Å²) >= 11 is 0. The van der Waals surface area contributed by atoms with Crippen LogP contribution in [0.2, 0.25) is 0 Å². The SMILES string of the molecule is CN(Cc1cc(N)n[nH]1)c1cn(C)c2ccccc12. The first kappa shape index (κ1) is 11.6. The number of fused-ring (bicyclic) bond motifs is 1. The molecule has 3 aromatic rings. The number of para-hydroxylation sites is 1. The van der Waals surface area contributed by atoms with E-state index in [-0.39, 0.29) is 0 Å². The number of hydrogen-bond donors (Lipinski definition) is 2. The van der Waals surface area contributed by atoms with Crippen molar-refractivity contribution in [2.24, 2.45) is 7.05 Å². The number of aromatic nitrogens is 3. The maximum Gasteiger partial charge on any atom is 0.145 e. The number of H-pyrrole nitrogens is 1. The quantitative estimate of drug-likeness (QED) is 0.753. The number of nitrogens with two attached hydrogens (primary N) is 1. The van der Waals surface area contributed by atoms with Crippen molar-refractivity contribution < 1.29 is 0 Å². The van der Waals surface area contributed by atoms with Crippen molar-refractivity contribution in [2.75, 3.05) is 17.7 Å². The molecule has 5 heteroatoms. The van der Waals surface area contributed by atoms with Crippen molar-refractivity contribution in [1.29, 1.82) is 0 Å². The third kappa shape index (κ3) is 2.03. The van der Waals surface area contributed by atoms with Gasteiger partial charge >= 0.3 is 0 Å². The first-order valence-electron chi connectivity index (χ1n) is 6.20. The summed E-state index contributed by atoms with van der Waals surface area (Å²) in [6.45, 7) is 0.748. The molecule has 3 rings (SSSR count). The van der Waals surface area contributed by atoms with Crippen LogP contribution in [0.25, 0.3) is 10.9 Å². The average molecular weight is 255 g/mol. The fraction of sp³-hybridized carbons (Fsp3) is 0.214. The normalized spacial score (nSPS) is 11.1. The third-order valence-electron chi connectivity index (χ3n) is 3.35. The van der Waals surface area contributed by atoms with Gasteiger partial charge in [0, 0.05) is 37.3 Å². The van der Waals surface area contributed by atoms with Crippen LogP contribution >= 0.6 is 0 Å². The molecule has 0 fully saturated rings. The first-order valence-corrected chi connectivity index (χ1v) is 6.20. The lowest BCUT2D eigenvalue weighted by Crippen LogP contribution is -2.16. The first-order chi connectivity index (χ1) is 9.15. The topological polar surface area (TPSA) is 62.9 Å². The molecule has 2 heterocycles. The van der Waals surface area contributed by atoms with Crippen LogP contribution in [0.5, 0.6) is 0 Å². The Labute approximate surface area is 111 Å². The average Bonchev–Trinajstić information content (AvgIpc) is 2.95. The molecular formula is C14H17N5. The van der Waals surface area contributed by atoms with Gasteiger partial charge in [0.25, 0.3) is 0 Å². The fourth-order valence-electron chi connectivity index (χ4n) is 2.43. The number of nitrogens with zero attached hydrogens (tertiary/aromatic N) is 3. The highest BCUT2D eigenvalue weighted by molar-refractivity contribution is 5.93. The second kappa shape index (κ2) is 4.35. The van der Waals surface area contributed by atoms with Gasteiger partial charge in [-0.2, -0.15) is 5.10 Å². The molecule has 0 bridgehead atoms. The monoisotopic (exact) mass is 255 g/mol. The Kier molecular flexibility index (Phi) is 2.67. The predicted molar refractivity (Wildman–Crippen MR) is 78.0 cm³/mol. The maximum atomic E-state index is 5.62. The standard InChI is InChI=1S/C14H17N5/c1-18(8-10-7-14(15)17-16-10)13-9-19(2)12-6-4-3-5-11(12)13/h3-7,9H,8H2,1-2H3,(H3,15,16,17). The van der Waals surface area contributed by atoms with Gasteiger partial charge < -0.3 is 15.2 Å². The number of aromatic amines is 1. The summed E-state index contributed by atoms with van der Waals surface area (Å²) < 4.78 is 2.14. The molecule has 1 aromatic carbocycles. The number of anilines is 2. The van der Waals surface area contributed by atoms with E-state index in [0.717, 1.165) is 12.2 Å². The molecule has 0 amide bonds. The Morgan fingerprint density at radius 1 is 1.37 bits per heavy atom. The number of benzene rings is 1. The van der Waals surface area contributed by atoms with Crippen LogP contribution in [0, 0.1) is 0 Å². The van der Waals surface area contributed by atoms with Crippen molar-refractivity contribution in [1.82, 2.24) is 14.8 Å². The van der Waals surface area contributed by atoms with E-state index >= 15 is 0 Å². The maximum absolute atomic E-state index is 5.62. The molecule has 0 saturated heterocycles. The van der Waals surface area contributed by atoms with Crippen LogP contribution in [0.15, 0.2) is 36.5 Å². The Morgan fingerprint density at radius 2 is 2.16 bits per heavy atom. The van der Waals surface area contributed by atoms with E-state index in [4.69, 9.17) is 5.73 Å². The smallest absolute Gasteiger partial charge is 0.145 e. The minimum absolute atomic E-state index is 0.529. The molecule has 0 aliphatic carbocycles. The van der Waals surface area contributed by atoms with E-state index in [1.165, 1.54) is 16.6 Å². The van der Waals surface area contributed by atoms with E-state index in [1.807, 2.05) is 6.07 Å². The summed E-state index contributed by atoms with van der Waals surface area (Å²) in [5.41, 5.74) is 9.06. The summed E-state index contributed by atoms with van der Waals surface area (Å²) in [7, 11) is 4.13. The lowest BCUT2D eigenvalue weighted by atomic mass is 10.2. The van der Waals surface area contributed by atoms with Crippen LogP contribution < -0.4 is 10.6 Å². The molecule has 2 aromatic heterocycles. The number of hydrogen-bond acceptors (Lipinski definition) is 3. The summed E-state index contributed by atoms with van der Waals surface area (Å²) in [6, 6.07) is 10.3. The zero-order valence-corrected chi connectivity index (χ0v) is 11.1. The van der Waals surface area contributed by atoms with Crippen molar-refractivity contribution in [2.45, 2.75) is 6.54 Å². The number of rotatable bonds is 3. The molecular weight excluding hydrogens is 238 g/mol. The molecule has 3 N–H and O–H groups in total. The van der Waals surface area contributed by atoms with E-state index < -0.39 is 0 Å². The zero-order valence-electron chi connectivity index (χ0n) is 11.1. The molecule has 5 nitrogen and oxygen atoms in total. The van der Waals surface area contributed by atoms with Gasteiger partial charge in [0.15, 0.2) is 0 Å². The largest absolute Gasteiger partial charge is 0.382 e. The highest BCUT2D eigenvalue weighted by atomic mass is 15.2. The van der Waals surface area contributed by atoms with Crippen LogP contribution in [0.4, 0.5) is 11.5 Å². The van der Waals surface area contributed by atoms with Gasteiger partial charge in [0.05, 0.1) is 17.9 Å². The van der Waals surface area contributed by atoms with Crippen molar-refractivity contribution in [3.63, 3.8) is 0 Å². The van der Waals surface area contributed by atoms with E-state index in [0.29, 0.717) is 5.82 Å². The van der Waals surface area contributed by atoms with E-state index in [1.54, 1.807) is 0 Å². The summed E-state index contributed by atoms with van der Waals surface area (Å²) in [5, 5.41) is 8.14. The highest BCUT2D eigenvalue weighted by Gasteiger charge is 2.11. The molecule has 0 aliphatic rings. The molecule has 19 heavy (non-hydrogen) atoms. The number of aryl methyl sites for hydroxylation is 1. The van der Waals surface area contributed by atoms with Gasteiger partial charge in [-0.25, -0.2) is 0 Å². The second-order valence-corrected chi connectivity index (χ2v) is 4.82.